The first-order valence-corrected chi connectivity index (χ1v) is 6.52. The summed E-state index contributed by atoms with van der Waals surface area (Å²) in [5.74, 6) is -0.478. The summed E-state index contributed by atoms with van der Waals surface area (Å²) in [6.45, 7) is -0.474. The van der Waals surface area contributed by atoms with Crippen LogP contribution in [0.5, 0.6) is 0 Å². The van der Waals surface area contributed by atoms with Gasteiger partial charge in [0.25, 0.3) is 0 Å². The Balaban J connectivity index is 2.09. The van der Waals surface area contributed by atoms with Crippen LogP contribution in [0.2, 0.25) is 0 Å². The second kappa shape index (κ2) is 6.01. The first-order valence-electron chi connectivity index (χ1n) is 6.52. The molecule has 0 aromatic heterocycles. The van der Waals surface area contributed by atoms with Crippen LogP contribution in [-0.4, -0.2) is 41.3 Å². The Morgan fingerprint density at radius 2 is 2.10 bits per heavy atom. The fraction of sp³-hybridized carbons (Fsp3) is 0.500. The fourth-order valence-electron chi connectivity index (χ4n) is 2.47. The van der Waals surface area contributed by atoms with Crippen LogP contribution in [0.25, 0.3) is 0 Å². The molecule has 0 bridgehead atoms. The van der Waals surface area contributed by atoms with Gasteiger partial charge in [0.05, 0.1) is 31.2 Å². The summed E-state index contributed by atoms with van der Waals surface area (Å²) in [6, 6.07) is 3.90. The van der Waals surface area contributed by atoms with E-state index in [1.165, 1.54) is 17.0 Å². The zero-order valence-corrected chi connectivity index (χ0v) is 11.1. The molecule has 116 valence electrons. The zero-order valence-electron chi connectivity index (χ0n) is 11.1. The van der Waals surface area contributed by atoms with Crippen LogP contribution < -0.4 is 0 Å². The van der Waals surface area contributed by atoms with Crippen molar-refractivity contribution in [1.82, 2.24) is 4.90 Å². The predicted molar refractivity (Wildman–Crippen MR) is 67.2 cm³/mol. The number of nitrogens with zero attached hydrogens (tertiary/aromatic N) is 1. The molecule has 1 amide bonds. The van der Waals surface area contributed by atoms with Crippen molar-refractivity contribution in [3.63, 3.8) is 0 Å². The van der Waals surface area contributed by atoms with Gasteiger partial charge in [-0.1, -0.05) is 18.2 Å². The molecule has 2 atom stereocenters. The topological polar surface area (TPSA) is 40.5 Å². The van der Waals surface area contributed by atoms with Gasteiger partial charge >= 0.3 is 6.18 Å². The summed E-state index contributed by atoms with van der Waals surface area (Å²) in [4.78, 5) is 13.3. The van der Waals surface area contributed by atoms with E-state index in [1.54, 1.807) is 0 Å². The molecule has 7 heteroatoms. The van der Waals surface area contributed by atoms with Crippen molar-refractivity contribution in [1.29, 1.82) is 0 Å². The number of amides is 1. The monoisotopic (exact) mass is 305 g/mol. The Morgan fingerprint density at radius 1 is 1.38 bits per heavy atom. The minimum atomic E-state index is -4.47. The lowest BCUT2D eigenvalue weighted by atomic mass is 10.1. The van der Waals surface area contributed by atoms with E-state index in [1.807, 2.05) is 0 Å². The van der Waals surface area contributed by atoms with Crippen LogP contribution in [-0.2, 0) is 17.4 Å². The van der Waals surface area contributed by atoms with Gasteiger partial charge in [-0.05, 0) is 11.6 Å². The molecule has 0 aliphatic carbocycles. The molecule has 1 fully saturated rings. The summed E-state index contributed by atoms with van der Waals surface area (Å²) >= 11 is 0. The van der Waals surface area contributed by atoms with Gasteiger partial charge in [0.1, 0.15) is 6.17 Å². The van der Waals surface area contributed by atoms with Gasteiger partial charge in [-0.15, -0.1) is 0 Å². The Labute approximate surface area is 119 Å². The van der Waals surface area contributed by atoms with Gasteiger partial charge in [-0.2, -0.15) is 13.2 Å². The molecule has 1 N–H and O–H groups in total. The van der Waals surface area contributed by atoms with Crippen LogP contribution in [0.15, 0.2) is 24.3 Å². The van der Waals surface area contributed by atoms with Crippen molar-refractivity contribution in [2.45, 2.75) is 31.2 Å². The first-order chi connectivity index (χ1) is 9.81. The molecule has 0 saturated carbocycles. The second-order valence-corrected chi connectivity index (χ2v) is 5.09. The number of alkyl halides is 4. The van der Waals surface area contributed by atoms with Gasteiger partial charge in [-0.25, -0.2) is 4.39 Å². The van der Waals surface area contributed by atoms with E-state index in [0.717, 1.165) is 12.1 Å². The molecular formula is C14H15F4NO2. The normalized spacial score (nSPS) is 22.6. The fourth-order valence-corrected chi connectivity index (χ4v) is 2.47. The van der Waals surface area contributed by atoms with Crippen molar-refractivity contribution < 1.29 is 27.5 Å². The van der Waals surface area contributed by atoms with Crippen LogP contribution in [0.3, 0.4) is 0 Å². The van der Waals surface area contributed by atoms with E-state index in [0.29, 0.717) is 0 Å². The number of halogens is 4. The smallest absolute Gasteiger partial charge is 0.394 e. The molecule has 1 aromatic rings. The minimum absolute atomic E-state index is 0.0603. The lowest BCUT2D eigenvalue weighted by Gasteiger charge is -2.22. The largest absolute Gasteiger partial charge is 0.416 e. The molecule has 21 heavy (non-hydrogen) atoms. The second-order valence-electron chi connectivity index (χ2n) is 5.09. The van der Waals surface area contributed by atoms with Gasteiger partial charge in [0.15, 0.2) is 0 Å². The van der Waals surface area contributed by atoms with E-state index >= 15 is 0 Å². The summed E-state index contributed by atoms with van der Waals surface area (Å²) < 4.78 is 51.1. The standard InChI is InChI=1S/C14H15F4NO2/c15-11-6-12(8-20)19(7-11)13(21)5-9-2-1-3-10(4-9)14(16,17)18/h1-4,11-12,20H,5-8H2/t11-,12-/m0/s1. The van der Waals surface area contributed by atoms with E-state index in [-0.39, 0.29) is 31.6 Å². The lowest BCUT2D eigenvalue weighted by molar-refractivity contribution is -0.138. The third kappa shape index (κ3) is 3.72. The number of rotatable bonds is 3. The van der Waals surface area contributed by atoms with Gasteiger partial charge in [0, 0.05) is 6.42 Å². The third-order valence-electron chi connectivity index (χ3n) is 3.50. The quantitative estimate of drug-likeness (QED) is 0.870. The number of likely N-dealkylation sites (tertiary alicyclic amines) is 1. The van der Waals surface area contributed by atoms with Crippen molar-refractivity contribution in [2.24, 2.45) is 0 Å². The summed E-state index contributed by atoms with van der Waals surface area (Å²) in [5, 5.41) is 9.11. The predicted octanol–water partition coefficient (Wildman–Crippen LogP) is 2.18. The summed E-state index contributed by atoms with van der Waals surface area (Å²) in [5.41, 5.74) is -0.606. The highest BCUT2D eigenvalue weighted by atomic mass is 19.4. The highest BCUT2D eigenvalue weighted by Gasteiger charge is 2.35. The van der Waals surface area contributed by atoms with Crippen LogP contribution in [0.1, 0.15) is 17.5 Å². The number of hydrogen-bond donors (Lipinski definition) is 1. The van der Waals surface area contributed by atoms with Crippen LogP contribution >= 0.6 is 0 Å². The Kier molecular flexibility index (Phi) is 4.51. The molecule has 0 spiro atoms. The molecule has 1 aliphatic rings. The number of carbonyl (C=O) groups excluding carboxylic acids is 1. The highest BCUT2D eigenvalue weighted by Crippen LogP contribution is 2.30. The molecular weight excluding hydrogens is 290 g/mol. The Bertz CT molecular complexity index is 518. The first kappa shape index (κ1) is 15.8. The number of aliphatic hydroxyl groups is 1. The zero-order chi connectivity index (χ0) is 15.6. The molecule has 1 aliphatic heterocycles. The number of aliphatic hydroxyl groups excluding tert-OH is 1. The molecule has 2 rings (SSSR count). The molecule has 3 nitrogen and oxygen atoms in total. The molecule has 0 unspecified atom stereocenters. The third-order valence-corrected chi connectivity index (χ3v) is 3.50. The maximum atomic E-state index is 13.3. The Hall–Kier alpha value is -1.63. The Morgan fingerprint density at radius 3 is 2.71 bits per heavy atom. The summed E-state index contributed by atoms with van der Waals surface area (Å²) in [6.07, 6.45) is -5.85. The highest BCUT2D eigenvalue weighted by molar-refractivity contribution is 5.79. The average Bonchev–Trinajstić information content (AvgIpc) is 2.79. The van der Waals surface area contributed by atoms with E-state index in [2.05, 4.69) is 0 Å². The van der Waals surface area contributed by atoms with E-state index < -0.39 is 29.9 Å². The van der Waals surface area contributed by atoms with Crippen molar-refractivity contribution in [3.8, 4) is 0 Å². The summed E-state index contributed by atoms with van der Waals surface area (Å²) in [7, 11) is 0. The van der Waals surface area contributed by atoms with Gasteiger partial charge in [-0.3, -0.25) is 4.79 Å². The maximum absolute atomic E-state index is 13.3. The van der Waals surface area contributed by atoms with Crippen LogP contribution in [0, 0.1) is 0 Å². The number of carbonyl (C=O) groups is 1. The lowest BCUT2D eigenvalue weighted by Crippen LogP contribution is -2.38. The molecule has 1 aromatic carbocycles. The molecule has 0 radical (unpaired) electrons. The van der Waals surface area contributed by atoms with Gasteiger partial charge < -0.3 is 10.0 Å². The number of hydrogen-bond acceptors (Lipinski definition) is 2. The average molecular weight is 305 g/mol. The van der Waals surface area contributed by atoms with Crippen LogP contribution in [0.4, 0.5) is 17.6 Å². The van der Waals surface area contributed by atoms with E-state index in [4.69, 9.17) is 5.11 Å². The maximum Gasteiger partial charge on any atom is 0.416 e. The number of benzene rings is 1. The minimum Gasteiger partial charge on any atom is -0.394 e. The van der Waals surface area contributed by atoms with Crippen molar-refractivity contribution in [2.75, 3.05) is 13.2 Å². The van der Waals surface area contributed by atoms with E-state index in [9.17, 15) is 22.4 Å². The molecule has 1 saturated heterocycles. The van der Waals surface area contributed by atoms with Crippen molar-refractivity contribution >= 4 is 5.91 Å². The molecule has 1 heterocycles. The van der Waals surface area contributed by atoms with Crippen molar-refractivity contribution in [3.05, 3.63) is 35.4 Å². The van der Waals surface area contributed by atoms with Gasteiger partial charge in [0.2, 0.25) is 5.91 Å². The SMILES string of the molecule is O=C(Cc1cccc(C(F)(F)F)c1)N1C[C@@H](F)C[C@H]1CO.